The van der Waals surface area contributed by atoms with Crippen molar-refractivity contribution >= 4 is 17.6 Å². The Morgan fingerprint density at radius 3 is 2.33 bits per heavy atom. The molecule has 1 aromatic heterocycles. The molecule has 2 amide bonds. The van der Waals surface area contributed by atoms with Crippen LogP contribution in [-0.2, 0) is 11.2 Å². The molecule has 7 heteroatoms. The van der Waals surface area contributed by atoms with Crippen molar-refractivity contribution in [2.24, 2.45) is 0 Å². The number of methoxy groups -OCH3 is 1. The molecule has 0 radical (unpaired) electrons. The summed E-state index contributed by atoms with van der Waals surface area (Å²) < 4.78 is 10.3. The van der Waals surface area contributed by atoms with Crippen LogP contribution in [0.3, 0.4) is 0 Å². The van der Waals surface area contributed by atoms with Crippen LogP contribution < -0.4 is 4.74 Å². The van der Waals surface area contributed by atoms with E-state index in [2.05, 4.69) is 0 Å². The van der Waals surface area contributed by atoms with Gasteiger partial charge in [-0.15, -0.1) is 0 Å². The standard InChI is InChI=1S/C20H22N2O5/c1-14(23)15-3-4-18(26-2)17(11-15)12-19(24)21-6-8-22(9-7-21)20(25)16-5-10-27-13-16/h3-5,10-11,13H,6-9,12H2,1-2H3. The zero-order chi connectivity index (χ0) is 19.4. The first kappa shape index (κ1) is 18.7. The summed E-state index contributed by atoms with van der Waals surface area (Å²) in [5, 5.41) is 0. The van der Waals surface area contributed by atoms with E-state index in [4.69, 9.17) is 9.15 Å². The maximum atomic E-state index is 12.7. The molecule has 0 N–H and O–H groups in total. The SMILES string of the molecule is COc1ccc(C(C)=O)cc1CC(=O)N1CCN(C(=O)c2ccoc2)CC1. The van der Waals surface area contributed by atoms with Gasteiger partial charge in [0, 0.05) is 37.3 Å². The summed E-state index contributed by atoms with van der Waals surface area (Å²) in [6.07, 6.45) is 3.05. The number of ether oxygens (including phenoxy) is 1. The third-order valence-electron chi connectivity index (χ3n) is 4.72. The fourth-order valence-corrected chi connectivity index (χ4v) is 3.14. The second-order valence-electron chi connectivity index (χ2n) is 6.44. The first-order valence-electron chi connectivity index (χ1n) is 8.76. The number of carbonyl (C=O) groups is 3. The van der Waals surface area contributed by atoms with Crippen molar-refractivity contribution < 1.29 is 23.5 Å². The van der Waals surface area contributed by atoms with Gasteiger partial charge in [-0.1, -0.05) is 0 Å². The van der Waals surface area contributed by atoms with Crippen LogP contribution in [0.5, 0.6) is 5.75 Å². The predicted molar refractivity (Wildman–Crippen MR) is 97.9 cm³/mol. The van der Waals surface area contributed by atoms with Crippen LogP contribution in [0.2, 0.25) is 0 Å². The van der Waals surface area contributed by atoms with E-state index in [1.165, 1.54) is 26.6 Å². The van der Waals surface area contributed by atoms with Crippen LogP contribution in [0, 0.1) is 0 Å². The zero-order valence-corrected chi connectivity index (χ0v) is 15.4. The minimum atomic E-state index is -0.0910. The number of nitrogens with zero attached hydrogens (tertiary/aromatic N) is 2. The number of hydrogen-bond acceptors (Lipinski definition) is 5. The number of carbonyl (C=O) groups excluding carboxylic acids is 3. The number of piperazine rings is 1. The molecule has 2 heterocycles. The molecule has 0 bridgehead atoms. The lowest BCUT2D eigenvalue weighted by atomic mass is 10.0. The van der Waals surface area contributed by atoms with Crippen molar-refractivity contribution in [2.45, 2.75) is 13.3 Å². The molecule has 142 valence electrons. The molecule has 1 fully saturated rings. The summed E-state index contributed by atoms with van der Waals surface area (Å²) in [6.45, 7) is 3.37. The van der Waals surface area contributed by atoms with E-state index in [-0.39, 0.29) is 24.0 Å². The Morgan fingerprint density at radius 1 is 1.04 bits per heavy atom. The molecular formula is C20H22N2O5. The number of ketones is 1. The maximum Gasteiger partial charge on any atom is 0.257 e. The molecule has 0 saturated carbocycles. The third-order valence-corrected chi connectivity index (χ3v) is 4.72. The van der Waals surface area contributed by atoms with Gasteiger partial charge in [-0.25, -0.2) is 0 Å². The minimum absolute atomic E-state index is 0.0515. The van der Waals surface area contributed by atoms with Gasteiger partial charge in [0.15, 0.2) is 5.78 Å². The number of rotatable bonds is 5. The summed E-state index contributed by atoms with van der Waals surface area (Å²) in [5.41, 5.74) is 1.75. The molecule has 0 spiro atoms. The second-order valence-corrected chi connectivity index (χ2v) is 6.44. The van der Waals surface area contributed by atoms with Crippen LogP contribution in [0.25, 0.3) is 0 Å². The molecule has 27 heavy (non-hydrogen) atoms. The Balaban J connectivity index is 1.62. The lowest BCUT2D eigenvalue weighted by molar-refractivity contribution is -0.131. The fraction of sp³-hybridized carbons (Fsp3) is 0.350. The van der Waals surface area contributed by atoms with Crippen LogP contribution in [0.1, 0.15) is 33.2 Å². The Bertz CT molecular complexity index is 836. The topological polar surface area (TPSA) is 80.1 Å². The van der Waals surface area contributed by atoms with Gasteiger partial charge in [0.2, 0.25) is 5.91 Å². The summed E-state index contributed by atoms with van der Waals surface area (Å²) in [4.78, 5) is 40.1. The molecule has 1 aromatic carbocycles. The zero-order valence-electron chi connectivity index (χ0n) is 15.4. The monoisotopic (exact) mass is 370 g/mol. The number of hydrogen-bond donors (Lipinski definition) is 0. The van der Waals surface area contributed by atoms with Crippen LogP contribution >= 0.6 is 0 Å². The molecule has 1 aliphatic heterocycles. The van der Waals surface area contributed by atoms with Gasteiger partial charge in [-0.05, 0) is 31.2 Å². The van der Waals surface area contributed by atoms with Gasteiger partial charge in [0.05, 0.1) is 25.4 Å². The Hall–Kier alpha value is -3.09. The van der Waals surface area contributed by atoms with Gasteiger partial charge in [0.1, 0.15) is 12.0 Å². The first-order chi connectivity index (χ1) is 13.0. The lowest BCUT2D eigenvalue weighted by Gasteiger charge is -2.34. The Kier molecular flexibility index (Phi) is 5.59. The summed E-state index contributed by atoms with van der Waals surface area (Å²) in [5.74, 6) is 0.385. The normalized spacial score (nSPS) is 14.1. The maximum absolute atomic E-state index is 12.7. The molecule has 1 saturated heterocycles. The number of furan rings is 1. The molecular weight excluding hydrogens is 348 g/mol. The van der Waals surface area contributed by atoms with Crippen molar-refractivity contribution in [1.29, 1.82) is 0 Å². The van der Waals surface area contributed by atoms with Crippen molar-refractivity contribution in [3.8, 4) is 5.75 Å². The van der Waals surface area contributed by atoms with E-state index < -0.39 is 0 Å². The minimum Gasteiger partial charge on any atom is -0.496 e. The van der Waals surface area contributed by atoms with Crippen molar-refractivity contribution in [2.75, 3.05) is 33.3 Å². The average molecular weight is 370 g/mol. The average Bonchev–Trinajstić information content (AvgIpc) is 3.22. The van der Waals surface area contributed by atoms with Crippen molar-refractivity contribution in [3.05, 3.63) is 53.5 Å². The van der Waals surface area contributed by atoms with Gasteiger partial charge >= 0.3 is 0 Å². The highest BCUT2D eigenvalue weighted by Crippen LogP contribution is 2.22. The number of Topliss-reactive ketones (excluding diaryl/α,β-unsaturated/α-hetero) is 1. The number of benzene rings is 1. The fourth-order valence-electron chi connectivity index (χ4n) is 3.14. The molecule has 0 unspecified atom stereocenters. The van der Waals surface area contributed by atoms with Crippen LogP contribution in [-0.4, -0.2) is 60.7 Å². The Morgan fingerprint density at radius 2 is 1.74 bits per heavy atom. The molecule has 7 nitrogen and oxygen atoms in total. The first-order valence-corrected chi connectivity index (χ1v) is 8.76. The highest BCUT2D eigenvalue weighted by atomic mass is 16.5. The quantitative estimate of drug-likeness (QED) is 0.753. The Labute approximate surface area is 157 Å². The molecule has 0 atom stereocenters. The smallest absolute Gasteiger partial charge is 0.257 e. The highest BCUT2D eigenvalue weighted by Gasteiger charge is 2.26. The van der Waals surface area contributed by atoms with Gasteiger partial charge in [-0.3, -0.25) is 14.4 Å². The van der Waals surface area contributed by atoms with Crippen LogP contribution in [0.15, 0.2) is 41.2 Å². The second kappa shape index (κ2) is 8.07. The molecule has 1 aliphatic rings. The van der Waals surface area contributed by atoms with E-state index in [9.17, 15) is 14.4 Å². The van der Waals surface area contributed by atoms with Crippen LogP contribution in [0.4, 0.5) is 0 Å². The lowest BCUT2D eigenvalue weighted by Crippen LogP contribution is -2.50. The summed E-state index contributed by atoms with van der Waals surface area (Å²) in [7, 11) is 1.54. The van der Waals surface area contributed by atoms with Gasteiger partial charge < -0.3 is 19.0 Å². The summed E-state index contributed by atoms with van der Waals surface area (Å²) in [6, 6.07) is 6.74. The van der Waals surface area contributed by atoms with E-state index in [0.29, 0.717) is 48.6 Å². The van der Waals surface area contributed by atoms with Gasteiger partial charge in [-0.2, -0.15) is 0 Å². The number of amides is 2. The largest absolute Gasteiger partial charge is 0.496 e. The van der Waals surface area contributed by atoms with E-state index in [1.807, 2.05) is 0 Å². The molecule has 2 aromatic rings. The highest BCUT2D eigenvalue weighted by molar-refractivity contribution is 5.95. The van der Waals surface area contributed by atoms with Crippen molar-refractivity contribution in [3.63, 3.8) is 0 Å². The molecule has 3 rings (SSSR count). The third kappa shape index (κ3) is 4.19. The van der Waals surface area contributed by atoms with E-state index in [0.717, 1.165) is 0 Å². The van der Waals surface area contributed by atoms with E-state index in [1.54, 1.807) is 34.1 Å². The molecule has 0 aliphatic carbocycles. The van der Waals surface area contributed by atoms with E-state index >= 15 is 0 Å². The van der Waals surface area contributed by atoms with Crippen molar-refractivity contribution in [1.82, 2.24) is 9.80 Å². The predicted octanol–water partition coefficient (Wildman–Crippen LogP) is 2.02. The summed E-state index contributed by atoms with van der Waals surface area (Å²) >= 11 is 0. The van der Waals surface area contributed by atoms with Gasteiger partial charge in [0.25, 0.3) is 5.91 Å².